The Kier molecular flexibility index (Phi) is 6.78. The quantitative estimate of drug-likeness (QED) is 0.747. The molecule has 2 aliphatic heterocycles. The van der Waals surface area contributed by atoms with Crippen molar-refractivity contribution in [1.29, 1.82) is 0 Å². The lowest BCUT2D eigenvalue weighted by Gasteiger charge is -2.41. The van der Waals surface area contributed by atoms with Gasteiger partial charge in [0.15, 0.2) is 0 Å². The number of hydrogen-bond acceptors (Lipinski definition) is 4. The molecule has 4 fully saturated rings. The fraction of sp³-hybridized carbons (Fsp3) is 1.00. The van der Waals surface area contributed by atoms with Crippen LogP contribution in [0.4, 0.5) is 0 Å². The molecular weight excluding hydrogens is 360 g/mol. The highest BCUT2D eigenvalue weighted by atomic mass is 32.2. The average molecular weight is 399 g/mol. The van der Waals surface area contributed by atoms with E-state index in [9.17, 15) is 8.42 Å². The molecule has 4 aliphatic rings. The number of hydrogen-bond donors (Lipinski definition) is 1. The SMILES string of the molecule is O=S(=O)(NCC1CCN(CC2CCCO2)CC1)C1CCCC2CCCCC21. The Balaban J connectivity index is 1.23. The van der Waals surface area contributed by atoms with Gasteiger partial charge in [-0.15, -0.1) is 0 Å². The van der Waals surface area contributed by atoms with Crippen molar-refractivity contribution in [3.8, 4) is 0 Å². The molecule has 27 heavy (non-hydrogen) atoms. The molecule has 4 rings (SSSR count). The molecule has 4 atom stereocenters. The Morgan fingerprint density at radius 1 is 0.889 bits per heavy atom. The van der Waals surface area contributed by atoms with Gasteiger partial charge in [-0.25, -0.2) is 13.1 Å². The highest BCUT2D eigenvalue weighted by Crippen LogP contribution is 2.43. The van der Waals surface area contributed by atoms with Crippen LogP contribution in [0.2, 0.25) is 0 Å². The molecule has 2 saturated heterocycles. The molecule has 0 aromatic heterocycles. The van der Waals surface area contributed by atoms with Crippen LogP contribution < -0.4 is 4.72 Å². The molecule has 0 radical (unpaired) electrons. The molecule has 4 unspecified atom stereocenters. The van der Waals surface area contributed by atoms with Crippen molar-refractivity contribution in [2.24, 2.45) is 17.8 Å². The van der Waals surface area contributed by atoms with E-state index in [2.05, 4.69) is 9.62 Å². The van der Waals surface area contributed by atoms with Gasteiger partial charge in [-0.05, 0) is 69.4 Å². The number of nitrogens with zero attached hydrogens (tertiary/aromatic N) is 1. The van der Waals surface area contributed by atoms with E-state index in [-0.39, 0.29) is 5.25 Å². The highest BCUT2D eigenvalue weighted by molar-refractivity contribution is 7.90. The molecule has 0 spiro atoms. The summed E-state index contributed by atoms with van der Waals surface area (Å²) in [4.78, 5) is 2.51. The molecule has 0 amide bonds. The van der Waals surface area contributed by atoms with Crippen molar-refractivity contribution >= 4 is 10.0 Å². The lowest BCUT2D eigenvalue weighted by molar-refractivity contribution is 0.0602. The first-order valence-electron chi connectivity index (χ1n) is 11.4. The minimum absolute atomic E-state index is 0.129. The van der Waals surface area contributed by atoms with Gasteiger partial charge in [-0.1, -0.05) is 32.1 Å². The van der Waals surface area contributed by atoms with Gasteiger partial charge in [0, 0.05) is 19.7 Å². The predicted molar refractivity (Wildman–Crippen MR) is 108 cm³/mol. The molecule has 0 aromatic rings. The van der Waals surface area contributed by atoms with Gasteiger partial charge in [-0.3, -0.25) is 0 Å². The van der Waals surface area contributed by atoms with Crippen LogP contribution in [0, 0.1) is 17.8 Å². The summed E-state index contributed by atoms with van der Waals surface area (Å²) >= 11 is 0. The Bertz CT molecular complexity index is 566. The number of ether oxygens (including phenoxy) is 1. The van der Waals surface area contributed by atoms with Gasteiger partial charge in [0.25, 0.3) is 0 Å². The maximum Gasteiger partial charge on any atom is 0.214 e. The third-order valence-electron chi connectivity index (χ3n) is 7.67. The van der Waals surface area contributed by atoms with E-state index in [1.54, 1.807) is 0 Å². The predicted octanol–water partition coefficient (Wildman–Crippen LogP) is 3.16. The minimum atomic E-state index is -3.17. The maximum atomic E-state index is 13.0. The molecular formula is C21H38N2O3S. The third-order valence-corrected chi connectivity index (χ3v) is 9.63. The topological polar surface area (TPSA) is 58.6 Å². The molecule has 0 bridgehead atoms. The molecule has 2 aliphatic carbocycles. The van der Waals surface area contributed by atoms with Gasteiger partial charge < -0.3 is 9.64 Å². The van der Waals surface area contributed by atoms with Crippen molar-refractivity contribution in [3.05, 3.63) is 0 Å². The second-order valence-corrected chi connectivity index (χ2v) is 11.4. The maximum absolute atomic E-state index is 13.0. The van der Waals surface area contributed by atoms with Gasteiger partial charge in [-0.2, -0.15) is 0 Å². The number of likely N-dealkylation sites (tertiary alicyclic amines) is 1. The summed E-state index contributed by atoms with van der Waals surface area (Å²) < 4.78 is 34.9. The van der Waals surface area contributed by atoms with E-state index in [4.69, 9.17) is 4.74 Å². The number of piperidine rings is 1. The van der Waals surface area contributed by atoms with E-state index in [0.717, 1.165) is 58.3 Å². The van der Waals surface area contributed by atoms with Crippen LogP contribution in [0.3, 0.4) is 0 Å². The first kappa shape index (κ1) is 20.1. The summed E-state index contributed by atoms with van der Waals surface area (Å²) in [5.41, 5.74) is 0. The van der Waals surface area contributed by atoms with Gasteiger partial charge >= 0.3 is 0 Å². The second kappa shape index (κ2) is 9.10. The van der Waals surface area contributed by atoms with Gasteiger partial charge in [0.05, 0.1) is 11.4 Å². The standard InChI is InChI=1S/C21H38N2O3S/c24-27(25,21-9-3-6-18-5-1-2-8-20(18)21)22-15-17-10-12-23(13-11-17)16-19-7-4-14-26-19/h17-22H,1-16H2. The zero-order chi connectivity index (χ0) is 18.7. The summed E-state index contributed by atoms with van der Waals surface area (Å²) in [6, 6.07) is 0. The van der Waals surface area contributed by atoms with E-state index in [1.165, 1.54) is 38.5 Å². The normalized spacial score (nSPS) is 36.6. The van der Waals surface area contributed by atoms with E-state index < -0.39 is 10.0 Å². The zero-order valence-electron chi connectivity index (χ0n) is 16.8. The molecule has 6 heteroatoms. The second-order valence-electron chi connectivity index (χ2n) is 9.45. The average Bonchev–Trinajstić information content (AvgIpc) is 3.20. The summed E-state index contributed by atoms with van der Waals surface area (Å²) in [5.74, 6) is 1.57. The van der Waals surface area contributed by atoms with Crippen molar-refractivity contribution < 1.29 is 13.2 Å². The van der Waals surface area contributed by atoms with Crippen LogP contribution in [0.25, 0.3) is 0 Å². The van der Waals surface area contributed by atoms with E-state index in [0.29, 0.717) is 30.4 Å². The first-order valence-corrected chi connectivity index (χ1v) is 13.0. The number of rotatable bonds is 6. The number of nitrogens with one attached hydrogen (secondary N) is 1. The molecule has 5 nitrogen and oxygen atoms in total. The Hall–Kier alpha value is -0.170. The van der Waals surface area contributed by atoms with Crippen LogP contribution in [0.15, 0.2) is 0 Å². The van der Waals surface area contributed by atoms with Crippen LogP contribution in [-0.2, 0) is 14.8 Å². The first-order chi connectivity index (χ1) is 13.1. The molecule has 2 saturated carbocycles. The Morgan fingerprint density at radius 2 is 1.67 bits per heavy atom. The lowest BCUT2D eigenvalue weighted by atomic mass is 9.71. The summed E-state index contributed by atoms with van der Waals surface area (Å²) in [6.45, 7) is 4.79. The summed E-state index contributed by atoms with van der Waals surface area (Å²) in [7, 11) is -3.17. The van der Waals surface area contributed by atoms with Crippen LogP contribution >= 0.6 is 0 Å². The smallest absolute Gasteiger partial charge is 0.214 e. The van der Waals surface area contributed by atoms with Crippen molar-refractivity contribution in [1.82, 2.24) is 9.62 Å². The van der Waals surface area contributed by atoms with Crippen molar-refractivity contribution in [3.63, 3.8) is 0 Å². The summed E-state index contributed by atoms with van der Waals surface area (Å²) in [5, 5.41) is -0.129. The lowest BCUT2D eigenvalue weighted by Crippen LogP contribution is -2.47. The Morgan fingerprint density at radius 3 is 2.44 bits per heavy atom. The molecule has 156 valence electrons. The zero-order valence-corrected chi connectivity index (χ0v) is 17.6. The van der Waals surface area contributed by atoms with Crippen LogP contribution in [-0.4, -0.2) is 57.5 Å². The molecule has 1 N–H and O–H groups in total. The fourth-order valence-corrected chi connectivity index (χ4v) is 8.03. The largest absolute Gasteiger partial charge is 0.377 e. The minimum Gasteiger partial charge on any atom is -0.377 e. The number of sulfonamides is 1. The van der Waals surface area contributed by atoms with Crippen LogP contribution in [0.1, 0.15) is 70.6 Å². The van der Waals surface area contributed by atoms with Gasteiger partial charge in [0.1, 0.15) is 0 Å². The van der Waals surface area contributed by atoms with E-state index in [1.807, 2.05) is 0 Å². The van der Waals surface area contributed by atoms with E-state index >= 15 is 0 Å². The number of fused-ring (bicyclic) bond motifs is 1. The summed E-state index contributed by atoms with van der Waals surface area (Å²) in [6.07, 6.45) is 13.1. The van der Waals surface area contributed by atoms with Crippen molar-refractivity contribution in [2.75, 3.05) is 32.8 Å². The monoisotopic (exact) mass is 398 g/mol. The third kappa shape index (κ3) is 5.06. The highest BCUT2D eigenvalue weighted by Gasteiger charge is 2.41. The molecule has 0 aromatic carbocycles. The van der Waals surface area contributed by atoms with Crippen molar-refractivity contribution in [2.45, 2.75) is 82.0 Å². The van der Waals surface area contributed by atoms with Gasteiger partial charge in [0.2, 0.25) is 10.0 Å². The van der Waals surface area contributed by atoms with Crippen LogP contribution in [0.5, 0.6) is 0 Å². The Labute approximate surface area is 165 Å². The molecule has 2 heterocycles. The fourth-order valence-electron chi connectivity index (χ4n) is 6.06.